The smallest absolute Gasteiger partial charge is 0.410 e. The van der Waals surface area contributed by atoms with E-state index in [9.17, 15) is 18.0 Å². The maximum Gasteiger partial charge on any atom is 0.410 e. The first-order valence-electron chi connectivity index (χ1n) is 16.7. The number of aliphatic imine (C=N–C) groups is 1. The van der Waals surface area contributed by atoms with Gasteiger partial charge in [0.1, 0.15) is 18.0 Å². The van der Waals surface area contributed by atoms with Gasteiger partial charge in [-0.15, -0.1) is 0 Å². The van der Waals surface area contributed by atoms with E-state index in [1.165, 1.54) is 6.42 Å². The largest absolute Gasteiger partial charge is 0.445 e. The maximum atomic E-state index is 14.0. The Hall–Kier alpha value is -4.18. The molecule has 1 spiro atoms. The van der Waals surface area contributed by atoms with Crippen molar-refractivity contribution in [3.05, 3.63) is 84.4 Å². The van der Waals surface area contributed by atoms with Crippen molar-refractivity contribution in [1.82, 2.24) is 10.2 Å². The first-order valence-corrected chi connectivity index (χ1v) is 18.3. The van der Waals surface area contributed by atoms with E-state index >= 15 is 0 Å². The molecule has 3 aromatic carbocycles. The highest BCUT2D eigenvalue weighted by Crippen LogP contribution is 2.44. The minimum absolute atomic E-state index is 0.194. The maximum absolute atomic E-state index is 14.0. The second-order valence-corrected chi connectivity index (χ2v) is 15.8. The van der Waals surface area contributed by atoms with Crippen LogP contribution in [0.25, 0.3) is 11.1 Å². The van der Waals surface area contributed by atoms with Crippen LogP contribution >= 0.6 is 0 Å². The van der Waals surface area contributed by atoms with E-state index in [2.05, 4.69) is 10.3 Å². The Morgan fingerprint density at radius 3 is 2.34 bits per heavy atom. The molecule has 248 valence electrons. The zero-order valence-corrected chi connectivity index (χ0v) is 28.2. The fraction of sp³-hybridized carbons (Fsp3) is 0.432. The number of anilines is 1. The monoisotopic (exact) mass is 656 g/mol. The summed E-state index contributed by atoms with van der Waals surface area (Å²) in [6, 6.07) is 23.9. The van der Waals surface area contributed by atoms with Gasteiger partial charge >= 0.3 is 12.1 Å². The summed E-state index contributed by atoms with van der Waals surface area (Å²) in [7, 11) is -3.43. The number of piperidine rings is 1. The molecular weight excluding hydrogens is 612 g/mol. The molecule has 2 heterocycles. The molecule has 9 nitrogen and oxygen atoms in total. The van der Waals surface area contributed by atoms with Crippen LogP contribution < -0.4 is 10.2 Å². The van der Waals surface area contributed by atoms with Crippen molar-refractivity contribution in [2.24, 2.45) is 4.99 Å². The van der Waals surface area contributed by atoms with Crippen molar-refractivity contribution in [2.45, 2.75) is 100 Å². The topological polar surface area (TPSA) is 108 Å². The molecule has 1 N–H and O–H groups in total. The van der Waals surface area contributed by atoms with E-state index in [1.807, 2.05) is 66.4 Å². The van der Waals surface area contributed by atoms with Gasteiger partial charge in [0, 0.05) is 24.2 Å². The molecule has 6 rings (SSSR count). The molecule has 10 heteroatoms. The summed E-state index contributed by atoms with van der Waals surface area (Å²) >= 11 is 0. The normalized spacial score (nSPS) is 22.1. The molecule has 0 unspecified atom stereocenters. The number of rotatable bonds is 7. The summed E-state index contributed by atoms with van der Waals surface area (Å²) in [5.74, 6) is 0.673. The van der Waals surface area contributed by atoms with Gasteiger partial charge in [-0.05, 0) is 75.8 Å². The number of para-hydroxylation sites is 1. The van der Waals surface area contributed by atoms with Gasteiger partial charge in [0.15, 0.2) is 9.84 Å². The number of ether oxygens (including phenoxy) is 1. The summed E-state index contributed by atoms with van der Waals surface area (Å²) in [5, 5.41) is 3.17. The second-order valence-electron chi connectivity index (χ2n) is 13.3. The van der Waals surface area contributed by atoms with E-state index in [4.69, 9.17) is 4.74 Å². The Balaban J connectivity index is 1.32. The minimum atomic E-state index is -3.43. The lowest BCUT2D eigenvalue weighted by atomic mass is 9.80. The number of carbonyl (C=O) groups excluding carboxylic acids is 2. The zero-order chi connectivity index (χ0) is 33.2. The number of likely N-dealkylation sites (tertiary alicyclic amines) is 1. The van der Waals surface area contributed by atoms with Crippen LogP contribution in [0.15, 0.2) is 88.8 Å². The molecule has 2 fully saturated rings. The highest BCUT2D eigenvalue weighted by atomic mass is 32.2. The molecule has 0 bridgehead atoms. The summed E-state index contributed by atoms with van der Waals surface area (Å²) in [5.41, 5.74) is 2.44. The van der Waals surface area contributed by atoms with Gasteiger partial charge in [0.2, 0.25) is 0 Å². The van der Waals surface area contributed by atoms with Gasteiger partial charge in [0.05, 0.1) is 15.8 Å². The van der Waals surface area contributed by atoms with Crippen molar-refractivity contribution >= 4 is 33.5 Å². The Labute approximate surface area is 277 Å². The van der Waals surface area contributed by atoms with Crippen LogP contribution in [0.3, 0.4) is 0 Å². The SMILES string of the molecule is CC(C)S(=O)(=O)c1ccc(-c2ccccc2N2C(=O)N=C(NC3CCCCC3)[C@@]23CCN(C(=O)OCc2ccccc2)[C@H](C)C3)cc1. The molecule has 3 aliphatic rings. The average molecular weight is 657 g/mol. The summed E-state index contributed by atoms with van der Waals surface area (Å²) < 4.78 is 31.3. The molecule has 2 atom stereocenters. The number of amides is 3. The highest BCUT2D eigenvalue weighted by Gasteiger charge is 2.55. The van der Waals surface area contributed by atoms with Gasteiger partial charge in [-0.25, -0.2) is 18.0 Å². The molecule has 3 amide bonds. The first kappa shape index (κ1) is 32.7. The predicted molar refractivity (Wildman–Crippen MR) is 184 cm³/mol. The van der Waals surface area contributed by atoms with Crippen LogP contribution in [-0.2, 0) is 21.2 Å². The van der Waals surface area contributed by atoms with Gasteiger partial charge in [-0.2, -0.15) is 4.99 Å². The van der Waals surface area contributed by atoms with Gasteiger partial charge < -0.3 is 15.0 Å². The number of nitrogens with one attached hydrogen (secondary N) is 1. The molecule has 47 heavy (non-hydrogen) atoms. The number of hydrogen-bond acceptors (Lipinski definition) is 6. The van der Waals surface area contributed by atoms with E-state index in [0.29, 0.717) is 30.9 Å². The Morgan fingerprint density at radius 2 is 1.66 bits per heavy atom. The second kappa shape index (κ2) is 13.5. The molecule has 2 aliphatic heterocycles. The molecule has 1 aliphatic carbocycles. The van der Waals surface area contributed by atoms with Crippen molar-refractivity contribution in [3.8, 4) is 11.1 Å². The predicted octanol–water partition coefficient (Wildman–Crippen LogP) is 7.36. The standard InChI is InChI=1S/C37H44N4O5S/c1-26(2)47(44,45)31-20-18-29(19-21-31)32-16-10-11-17-33(32)41-35(42)39-34(38-30-14-8-5-9-15-30)37(41)22-23-40(27(3)24-37)36(43)46-25-28-12-6-4-7-13-28/h4,6-7,10-13,16-21,26-27,30H,5,8-9,14-15,22-25H2,1-3H3,(H,38,39,42)/t27-,37+/m1/s1. The number of nitrogens with zero attached hydrogens (tertiary/aromatic N) is 3. The van der Waals surface area contributed by atoms with Crippen LogP contribution in [0.1, 0.15) is 71.3 Å². The van der Waals surface area contributed by atoms with Crippen LogP contribution in [-0.4, -0.2) is 60.7 Å². The Kier molecular flexibility index (Phi) is 9.41. The van der Waals surface area contributed by atoms with Crippen molar-refractivity contribution in [2.75, 3.05) is 11.4 Å². The van der Waals surface area contributed by atoms with E-state index in [1.54, 1.807) is 43.0 Å². The molecule has 3 aromatic rings. The molecule has 1 saturated carbocycles. The molecule has 0 aromatic heterocycles. The van der Waals surface area contributed by atoms with Gasteiger partial charge in [-0.3, -0.25) is 4.90 Å². The summed E-state index contributed by atoms with van der Waals surface area (Å²) in [4.78, 5) is 35.9. The first-order chi connectivity index (χ1) is 22.6. The van der Waals surface area contributed by atoms with Crippen molar-refractivity contribution in [1.29, 1.82) is 0 Å². The van der Waals surface area contributed by atoms with Gasteiger partial charge in [0.25, 0.3) is 0 Å². The summed E-state index contributed by atoms with van der Waals surface area (Å²) in [6.07, 6.45) is 6.14. The lowest BCUT2D eigenvalue weighted by Gasteiger charge is -2.48. The third-order valence-corrected chi connectivity index (χ3v) is 12.0. The Morgan fingerprint density at radius 1 is 0.979 bits per heavy atom. The van der Waals surface area contributed by atoms with E-state index < -0.39 is 20.6 Å². The molecule has 0 radical (unpaired) electrons. The number of amidine groups is 1. The van der Waals surface area contributed by atoms with Crippen LogP contribution in [0, 0.1) is 0 Å². The van der Waals surface area contributed by atoms with Crippen molar-refractivity contribution < 1.29 is 22.7 Å². The quantitative estimate of drug-likeness (QED) is 0.285. The van der Waals surface area contributed by atoms with Crippen LogP contribution in [0.5, 0.6) is 0 Å². The van der Waals surface area contributed by atoms with Crippen molar-refractivity contribution in [3.63, 3.8) is 0 Å². The van der Waals surface area contributed by atoms with Crippen LogP contribution in [0.4, 0.5) is 15.3 Å². The lowest BCUT2D eigenvalue weighted by Crippen LogP contribution is -2.64. The number of hydrogen-bond donors (Lipinski definition) is 1. The third kappa shape index (κ3) is 6.52. The number of urea groups is 1. The number of benzene rings is 3. The average Bonchev–Trinajstić information content (AvgIpc) is 3.33. The fourth-order valence-corrected chi connectivity index (χ4v) is 8.27. The fourth-order valence-electron chi connectivity index (χ4n) is 7.21. The van der Waals surface area contributed by atoms with E-state index in [0.717, 1.165) is 42.4 Å². The van der Waals surface area contributed by atoms with E-state index in [-0.39, 0.29) is 35.7 Å². The van der Waals surface area contributed by atoms with Crippen LogP contribution in [0.2, 0.25) is 0 Å². The zero-order valence-electron chi connectivity index (χ0n) is 27.4. The molecular formula is C37H44N4O5S. The highest BCUT2D eigenvalue weighted by molar-refractivity contribution is 7.92. The third-order valence-electron chi connectivity index (χ3n) is 9.84. The Bertz CT molecular complexity index is 1740. The number of carbonyl (C=O) groups is 2. The number of sulfone groups is 1. The minimum Gasteiger partial charge on any atom is -0.445 e. The molecule has 1 saturated heterocycles. The summed E-state index contributed by atoms with van der Waals surface area (Å²) in [6.45, 7) is 5.94. The van der Waals surface area contributed by atoms with Gasteiger partial charge in [-0.1, -0.05) is 79.9 Å². The lowest BCUT2D eigenvalue weighted by molar-refractivity contribution is 0.0641.